The third kappa shape index (κ3) is 8.35. The van der Waals surface area contributed by atoms with Crippen LogP contribution in [-0.4, -0.2) is 64.9 Å². The van der Waals surface area contributed by atoms with Crippen LogP contribution in [0.4, 0.5) is 0 Å². The van der Waals surface area contributed by atoms with E-state index in [0.29, 0.717) is 17.3 Å². The molecule has 2 aliphatic heterocycles. The Balaban J connectivity index is 0.000000178. The first-order valence-electron chi connectivity index (χ1n) is 16.0. The van der Waals surface area contributed by atoms with Gasteiger partial charge in [-0.15, -0.1) is 0 Å². The normalized spacial score (nSPS) is 15.6. The Morgan fingerprint density at radius 1 is 0.644 bits per heavy atom. The van der Waals surface area contributed by atoms with Crippen LogP contribution in [0.3, 0.4) is 0 Å². The Labute approximate surface area is 267 Å². The van der Waals surface area contributed by atoms with E-state index in [1.165, 1.54) is 5.56 Å². The van der Waals surface area contributed by atoms with Crippen LogP contribution < -0.4 is 4.74 Å². The highest BCUT2D eigenvalue weighted by atomic mass is 16.5. The van der Waals surface area contributed by atoms with Gasteiger partial charge in [0, 0.05) is 37.3 Å². The van der Waals surface area contributed by atoms with E-state index in [4.69, 9.17) is 4.74 Å². The smallest absolute Gasteiger partial charge is 0.272 e. The maximum absolute atomic E-state index is 12.7. The highest BCUT2D eigenvalue weighted by molar-refractivity contribution is 5.93. The third-order valence-electron chi connectivity index (χ3n) is 8.76. The summed E-state index contributed by atoms with van der Waals surface area (Å²) >= 11 is 0. The molecule has 234 valence electrons. The van der Waals surface area contributed by atoms with Crippen LogP contribution in [0.15, 0.2) is 84.9 Å². The summed E-state index contributed by atoms with van der Waals surface area (Å²) in [6.07, 6.45) is 4.31. The summed E-state index contributed by atoms with van der Waals surface area (Å²) in [5.41, 5.74) is 5.92. The zero-order valence-corrected chi connectivity index (χ0v) is 26.9. The van der Waals surface area contributed by atoms with Gasteiger partial charge in [0.05, 0.1) is 18.5 Å². The summed E-state index contributed by atoms with van der Waals surface area (Å²) in [4.78, 5) is 38.3. The topological polar surface area (TPSA) is 75.6 Å². The standard InChI is InChI=1S/C19H22N2O2.C19H22N2O/c1-14-9-11-21(12-10-14)19(22)18-8-4-7-17(20-18)15-5-3-6-16(13-15)23-2;1-14-9-11-21(12-10-14)19(22)18-8-4-7-17(20-18)16-6-3-5-15(2)13-16/h3-8,13-14H,9-12H2,1-2H3;3-8,13-14H,9-12H2,1-2H3. The molecule has 0 atom stereocenters. The highest BCUT2D eigenvalue weighted by Crippen LogP contribution is 2.24. The molecule has 2 fully saturated rings. The van der Waals surface area contributed by atoms with Gasteiger partial charge in [0.25, 0.3) is 11.8 Å². The molecular weight excluding hydrogens is 560 g/mol. The molecule has 0 radical (unpaired) electrons. The van der Waals surface area contributed by atoms with Crippen LogP contribution in [0.1, 0.15) is 66.1 Å². The molecule has 0 saturated carbocycles. The predicted octanol–water partition coefficient (Wildman–Crippen LogP) is 7.56. The molecular formula is C38H44N4O3. The van der Waals surface area contributed by atoms with Crippen molar-refractivity contribution in [3.05, 3.63) is 102 Å². The van der Waals surface area contributed by atoms with Crippen LogP contribution >= 0.6 is 0 Å². The number of piperidine rings is 2. The molecule has 4 heterocycles. The molecule has 4 aromatic rings. The van der Waals surface area contributed by atoms with Crippen molar-refractivity contribution in [1.82, 2.24) is 19.8 Å². The Bertz CT molecular complexity index is 1600. The minimum absolute atomic E-state index is 0.0293. The van der Waals surface area contributed by atoms with Gasteiger partial charge < -0.3 is 14.5 Å². The Morgan fingerprint density at radius 3 is 1.56 bits per heavy atom. The number of carbonyl (C=O) groups excluding carboxylic acids is 2. The van der Waals surface area contributed by atoms with Crippen molar-refractivity contribution in [2.24, 2.45) is 11.8 Å². The molecule has 6 rings (SSSR count). The van der Waals surface area contributed by atoms with E-state index in [9.17, 15) is 9.59 Å². The number of ether oxygens (including phenoxy) is 1. The zero-order chi connectivity index (χ0) is 31.8. The van der Waals surface area contributed by atoms with E-state index < -0.39 is 0 Å². The lowest BCUT2D eigenvalue weighted by atomic mass is 9.99. The van der Waals surface area contributed by atoms with Crippen LogP contribution in [0, 0.1) is 18.8 Å². The van der Waals surface area contributed by atoms with Gasteiger partial charge in [0.15, 0.2) is 0 Å². The monoisotopic (exact) mass is 604 g/mol. The Hall–Kier alpha value is -4.52. The van der Waals surface area contributed by atoms with Gasteiger partial charge >= 0.3 is 0 Å². The summed E-state index contributed by atoms with van der Waals surface area (Å²) < 4.78 is 5.26. The maximum Gasteiger partial charge on any atom is 0.272 e. The van der Waals surface area contributed by atoms with Gasteiger partial charge in [-0.1, -0.05) is 61.9 Å². The number of rotatable bonds is 5. The van der Waals surface area contributed by atoms with Crippen molar-refractivity contribution in [2.75, 3.05) is 33.3 Å². The van der Waals surface area contributed by atoms with Gasteiger partial charge in [0.2, 0.25) is 0 Å². The first-order chi connectivity index (χ1) is 21.8. The highest BCUT2D eigenvalue weighted by Gasteiger charge is 2.23. The second kappa shape index (κ2) is 15.0. The molecule has 7 nitrogen and oxygen atoms in total. The van der Waals surface area contributed by atoms with Gasteiger partial charge in [-0.3, -0.25) is 9.59 Å². The largest absolute Gasteiger partial charge is 0.497 e. The van der Waals surface area contributed by atoms with Gasteiger partial charge in [-0.05, 0) is 86.9 Å². The molecule has 45 heavy (non-hydrogen) atoms. The molecule has 0 unspecified atom stereocenters. The maximum atomic E-state index is 12.7. The second-order valence-electron chi connectivity index (χ2n) is 12.4. The number of hydrogen-bond acceptors (Lipinski definition) is 5. The molecule has 0 spiro atoms. The van der Waals surface area contributed by atoms with Crippen molar-refractivity contribution in [3.63, 3.8) is 0 Å². The molecule has 7 heteroatoms. The molecule has 0 bridgehead atoms. The number of aryl methyl sites for hydroxylation is 1. The number of likely N-dealkylation sites (tertiary alicyclic amines) is 2. The minimum Gasteiger partial charge on any atom is -0.497 e. The summed E-state index contributed by atoms with van der Waals surface area (Å²) in [5, 5.41) is 0. The molecule has 0 aliphatic carbocycles. The predicted molar refractivity (Wildman–Crippen MR) is 179 cm³/mol. The van der Waals surface area contributed by atoms with E-state index in [1.54, 1.807) is 13.2 Å². The van der Waals surface area contributed by atoms with E-state index in [1.807, 2.05) is 76.5 Å². The molecule has 2 saturated heterocycles. The van der Waals surface area contributed by atoms with Crippen molar-refractivity contribution in [3.8, 4) is 28.3 Å². The van der Waals surface area contributed by atoms with Crippen molar-refractivity contribution in [2.45, 2.75) is 46.5 Å². The molecule has 0 N–H and O–H groups in total. The van der Waals surface area contributed by atoms with Crippen LogP contribution in [0.2, 0.25) is 0 Å². The van der Waals surface area contributed by atoms with Crippen LogP contribution in [-0.2, 0) is 0 Å². The van der Waals surface area contributed by atoms with Crippen LogP contribution in [0.5, 0.6) is 5.75 Å². The summed E-state index contributed by atoms with van der Waals surface area (Å²) in [5.74, 6) is 2.29. The summed E-state index contributed by atoms with van der Waals surface area (Å²) in [6, 6.07) is 27.2. The van der Waals surface area contributed by atoms with E-state index >= 15 is 0 Å². The minimum atomic E-state index is 0.0293. The van der Waals surface area contributed by atoms with Gasteiger partial charge in [-0.2, -0.15) is 0 Å². The summed E-state index contributed by atoms with van der Waals surface area (Å²) in [7, 11) is 1.64. The lowest BCUT2D eigenvalue weighted by molar-refractivity contribution is 0.0684. The Kier molecular flexibility index (Phi) is 10.6. The number of methoxy groups -OCH3 is 1. The molecule has 2 aliphatic rings. The second-order valence-corrected chi connectivity index (χ2v) is 12.4. The quantitative estimate of drug-likeness (QED) is 0.235. The number of nitrogens with zero attached hydrogens (tertiary/aromatic N) is 4. The van der Waals surface area contributed by atoms with Gasteiger partial charge in [0.1, 0.15) is 17.1 Å². The first kappa shape index (κ1) is 31.9. The number of amides is 2. The van der Waals surface area contributed by atoms with E-state index in [-0.39, 0.29) is 11.8 Å². The lowest BCUT2D eigenvalue weighted by Crippen LogP contribution is -2.38. The molecule has 2 amide bonds. The fourth-order valence-corrected chi connectivity index (χ4v) is 5.76. The average Bonchev–Trinajstić information content (AvgIpc) is 3.09. The number of benzene rings is 2. The average molecular weight is 605 g/mol. The van der Waals surface area contributed by atoms with Crippen molar-refractivity contribution in [1.29, 1.82) is 0 Å². The first-order valence-corrected chi connectivity index (χ1v) is 16.0. The molecule has 2 aromatic carbocycles. The number of pyridine rings is 2. The number of hydrogen-bond donors (Lipinski definition) is 0. The molecule has 2 aromatic heterocycles. The zero-order valence-electron chi connectivity index (χ0n) is 26.9. The number of aromatic nitrogens is 2. The fraction of sp³-hybridized carbons (Fsp3) is 0.368. The van der Waals surface area contributed by atoms with Gasteiger partial charge in [-0.25, -0.2) is 9.97 Å². The Morgan fingerprint density at radius 2 is 1.09 bits per heavy atom. The third-order valence-corrected chi connectivity index (χ3v) is 8.76. The SMILES string of the molecule is COc1cccc(-c2cccc(C(=O)N3CCC(C)CC3)n2)c1.Cc1cccc(-c2cccc(C(=O)N3CCC(C)CC3)n2)c1. The van der Waals surface area contributed by atoms with Crippen LogP contribution in [0.25, 0.3) is 22.5 Å². The summed E-state index contributed by atoms with van der Waals surface area (Å²) in [6.45, 7) is 9.89. The van der Waals surface area contributed by atoms with E-state index in [2.05, 4.69) is 42.9 Å². The van der Waals surface area contributed by atoms with E-state index in [0.717, 1.165) is 86.0 Å². The fourth-order valence-electron chi connectivity index (χ4n) is 5.76. The van der Waals surface area contributed by atoms with Crippen molar-refractivity contribution < 1.29 is 14.3 Å². The lowest BCUT2D eigenvalue weighted by Gasteiger charge is -2.30. The van der Waals surface area contributed by atoms with Crippen molar-refractivity contribution >= 4 is 11.8 Å². The number of carbonyl (C=O) groups is 2.